The highest BCUT2D eigenvalue weighted by molar-refractivity contribution is 5.96. The van der Waals surface area contributed by atoms with Crippen LogP contribution in [0.5, 0.6) is 0 Å². The molecule has 3 aromatic rings. The van der Waals surface area contributed by atoms with Crippen molar-refractivity contribution >= 4 is 28.4 Å². The van der Waals surface area contributed by atoms with E-state index in [4.69, 9.17) is 5.73 Å². The lowest BCUT2D eigenvalue weighted by molar-refractivity contribution is -0.123. The number of fused-ring (bicyclic) bond motifs is 1. The zero-order valence-corrected chi connectivity index (χ0v) is 17.6. The number of likely N-dealkylation sites (tertiary alicyclic amines) is 1. The van der Waals surface area contributed by atoms with E-state index in [1.165, 1.54) is 12.1 Å². The van der Waals surface area contributed by atoms with Crippen LogP contribution in [0.15, 0.2) is 42.5 Å². The molecule has 1 fully saturated rings. The van der Waals surface area contributed by atoms with Gasteiger partial charge in [0.15, 0.2) is 0 Å². The predicted molar refractivity (Wildman–Crippen MR) is 119 cm³/mol. The summed E-state index contributed by atoms with van der Waals surface area (Å²) in [6.07, 6.45) is 1.91. The van der Waals surface area contributed by atoms with E-state index < -0.39 is 0 Å². The molecule has 6 nitrogen and oxygen atoms in total. The van der Waals surface area contributed by atoms with Gasteiger partial charge in [0.25, 0.3) is 0 Å². The molecule has 0 saturated carbocycles. The van der Waals surface area contributed by atoms with Gasteiger partial charge in [-0.05, 0) is 61.7 Å². The third-order valence-electron chi connectivity index (χ3n) is 6.01. The van der Waals surface area contributed by atoms with Crippen molar-refractivity contribution < 1.29 is 14.0 Å². The van der Waals surface area contributed by atoms with Crippen LogP contribution >= 0.6 is 0 Å². The Balaban J connectivity index is 1.48. The number of primary amides is 1. The standard InChI is InChI=1S/C24H27FN4O2/c1-15-19(20-11-18(25)8-9-22(20)27-15)12-23(30)28-21-7-3-2-5-16(21)13-29-10-4-6-17(14-29)24(26)31/h2-3,5,7-9,11,17,27H,4,6,10,12-14H2,1H3,(H2,26,31)(H,28,30). The minimum atomic E-state index is -0.325. The Labute approximate surface area is 180 Å². The number of halogens is 1. The Morgan fingerprint density at radius 3 is 2.87 bits per heavy atom. The summed E-state index contributed by atoms with van der Waals surface area (Å²) >= 11 is 0. The first kappa shape index (κ1) is 21.1. The van der Waals surface area contributed by atoms with E-state index in [2.05, 4.69) is 15.2 Å². The van der Waals surface area contributed by atoms with Crippen molar-refractivity contribution in [2.45, 2.75) is 32.7 Å². The van der Waals surface area contributed by atoms with E-state index in [1.807, 2.05) is 31.2 Å². The molecule has 0 aliphatic carbocycles. The highest BCUT2D eigenvalue weighted by Crippen LogP contribution is 2.25. The number of nitrogens with two attached hydrogens (primary N) is 1. The molecule has 1 saturated heterocycles. The molecule has 1 unspecified atom stereocenters. The lowest BCUT2D eigenvalue weighted by atomic mass is 9.97. The number of benzene rings is 2. The van der Waals surface area contributed by atoms with Crippen molar-refractivity contribution in [3.63, 3.8) is 0 Å². The van der Waals surface area contributed by atoms with Crippen molar-refractivity contribution in [1.82, 2.24) is 9.88 Å². The van der Waals surface area contributed by atoms with Crippen molar-refractivity contribution in [1.29, 1.82) is 0 Å². The number of hydrogen-bond donors (Lipinski definition) is 3. The summed E-state index contributed by atoms with van der Waals surface area (Å²) < 4.78 is 13.7. The number of carbonyl (C=O) groups excluding carboxylic acids is 2. The Morgan fingerprint density at radius 2 is 2.06 bits per heavy atom. The molecule has 1 aliphatic heterocycles. The van der Waals surface area contributed by atoms with Crippen molar-refractivity contribution in [3.05, 3.63) is 65.1 Å². The van der Waals surface area contributed by atoms with Gasteiger partial charge in [0.05, 0.1) is 12.3 Å². The minimum absolute atomic E-state index is 0.124. The number of para-hydroxylation sites is 1. The number of piperidine rings is 1. The van der Waals surface area contributed by atoms with Crippen molar-refractivity contribution in [2.24, 2.45) is 11.7 Å². The van der Waals surface area contributed by atoms with E-state index in [9.17, 15) is 14.0 Å². The van der Waals surface area contributed by atoms with Gasteiger partial charge in [-0.15, -0.1) is 0 Å². The van der Waals surface area contributed by atoms with Gasteiger partial charge in [0.2, 0.25) is 11.8 Å². The molecule has 2 aromatic carbocycles. The first-order chi connectivity index (χ1) is 14.9. The molecule has 4 rings (SSSR count). The van der Waals surface area contributed by atoms with Gasteiger partial charge in [0.1, 0.15) is 5.82 Å². The van der Waals surface area contributed by atoms with Gasteiger partial charge in [-0.3, -0.25) is 14.5 Å². The highest BCUT2D eigenvalue weighted by atomic mass is 19.1. The summed E-state index contributed by atoms with van der Waals surface area (Å²) in [4.78, 5) is 29.8. The Morgan fingerprint density at radius 1 is 1.26 bits per heavy atom. The van der Waals surface area contributed by atoms with Gasteiger partial charge < -0.3 is 16.0 Å². The van der Waals surface area contributed by atoms with Gasteiger partial charge >= 0.3 is 0 Å². The number of H-pyrrole nitrogens is 1. The quantitative estimate of drug-likeness (QED) is 0.568. The number of rotatable bonds is 6. The number of carbonyl (C=O) groups is 2. The molecule has 7 heteroatoms. The van der Waals surface area contributed by atoms with Gasteiger partial charge in [-0.2, -0.15) is 0 Å². The number of aromatic nitrogens is 1. The van der Waals surface area contributed by atoms with Crippen LogP contribution in [-0.2, 0) is 22.6 Å². The second kappa shape index (κ2) is 8.89. The van der Waals surface area contributed by atoms with Gasteiger partial charge in [-0.25, -0.2) is 4.39 Å². The molecule has 4 N–H and O–H groups in total. The molecule has 2 amide bonds. The number of hydrogen-bond acceptors (Lipinski definition) is 3. The second-order valence-electron chi connectivity index (χ2n) is 8.28. The molecule has 0 bridgehead atoms. The Kier molecular flexibility index (Phi) is 6.04. The van der Waals surface area contributed by atoms with Crippen LogP contribution in [-0.4, -0.2) is 34.8 Å². The number of anilines is 1. The number of nitrogens with zero attached hydrogens (tertiary/aromatic N) is 1. The summed E-state index contributed by atoms with van der Waals surface area (Å²) in [6.45, 7) is 4.06. The van der Waals surface area contributed by atoms with Crippen LogP contribution in [0.4, 0.5) is 10.1 Å². The topological polar surface area (TPSA) is 91.2 Å². The smallest absolute Gasteiger partial charge is 0.228 e. The Bertz CT molecular complexity index is 1120. The fourth-order valence-electron chi connectivity index (χ4n) is 4.39. The van der Waals surface area contributed by atoms with E-state index in [1.54, 1.807) is 6.07 Å². The number of aryl methyl sites for hydroxylation is 1. The average Bonchev–Trinajstić information content (AvgIpc) is 3.04. The van der Waals surface area contributed by atoms with Gasteiger partial charge in [0, 0.05) is 35.4 Å². The molecule has 1 atom stereocenters. The van der Waals surface area contributed by atoms with Crippen LogP contribution < -0.4 is 11.1 Å². The van der Waals surface area contributed by atoms with Crippen LogP contribution in [0.2, 0.25) is 0 Å². The maximum atomic E-state index is 13.7. The van der Waals surface area contributed by atoms with E-state index in [0.717, 1.165) is 52.8 Å². The Hall–Kier alpha value is -3.19. The fraction of sp³-hybridized carbons (Fsp3) is 0.333. The lowest BCUT2D eigenvalue weighted by Gasteiger charge is -2.31. The van der Waals surface area contributed by atoms with Crippen LogP contribution in [0, 0.1) is 18.7 Å². The highest BCUT2D eigenvalue weighted by Gasteiger charge is 2.24. The van der Waals surface area contributed by atoms with E-state index in [-0.39, 0.29) is 30.0 Å². The summed E-state index contributed by atoms with van der Waals surface area (Å²) in [5.74, 6) is -0.860. The van der Waals surface area contributed by atoms with Crippen molar-refractivity contribution in [3.8, 4) is 0 Å². The number of nitrogens with one attached hydrogen (secondary N) is 2. The molecule has 0 radical (unpaired) electrons. The molecule has 1 aliphatic rings. The summed E-state index contributed by atoms with van der Waals surface area (Å²) in [6, 6.07) is 12.2. The monoisotopic (exact) mass is 422 g/mol. The molecule has 2 heterocycles. The number of aromatic amines is 1. The SMILES string of the molecule is Cc1[nH]c2ccc(F)cc2c1CC(=O)Nc1ccccc1CN1CCCC(C(N)=O)C1. The zero-order valence-electron chi connectivity index (χ0n) is 17.6. The van der Waals surface area contributed by atoms with Crippen LogP contribution in [0.3, 0.4) is 0 Å². The molecule has 31 heavy (non-hydrogen) atoms. The maximum absolute atomic E-state index is 13.7. The van der Waals surface area contributed by atoms with Crippen LogP contribution in [0.1, 0.15) is 29.7 Å². The maximum Gasteiger partial charge on any atom is 0.228 e. The predicted octanol–water partition coefficient (Wildman–Crippen LogP) is 3.49. The average molecular weight is 423 g/mol. The zero-order chi connectivity index (χ0) is 22.0. The van der Waals surface area contributed by atoms with Gasteiger partial charge in [-0.1, -0.05) is 18.2 Å². The largest absolute Gasteiger partial charge is 0.369 e. The molecular weight excluding hydrogens is 395 g/mol. The van der Waals surface area contributed by atoms with E-state index in [0.29, 0.717) is 13.1 Å². The molecule has 0 spiro atoms. The lowest BCUT2D eigenvalue weighted by Crippen LogP contribution is -2.40. The summed E-state index contributed by atoms with van der Waals surface area (Å²) in [5.41, 5.74) is 9.70. The molecule has 162 valence electrons. The van der Waals surface area contributed by atoms with Crippen molar-refractivity contribution in [2.75, 3.05) is 18.4 Å². The second-order valence-corrected chi connectivity index (χ2v) is 8.28. The summed E-state index contributed by atoms with van der Waals surface area (Å²) in [5, 5.41) is 3.74. The molecule has 1 aromatic heterocycles. The van der Waals surface area contributed by atoms with Crippen LogP contribution in [0.25, 0.3) is 10.9 Å². The van der Waals surface area contributed by atoms with E-state index >= 15 is 0 Å². The minimum Gasteiger partial charge on any atom is -0.369 e. The third kappa shape index (κ3) is 4.77. The third-order valence-corrected chi connectivity index (χ3v) is 6.01. The first-order valence-corrected chi connectivity index (χ1v) is 10.6. The summed E-state index contributed by atoms with van der Waals surface area (Å²) in [7, 11) is 0. The fourth-order valence-corrected chi connectivity index (χ4v) is 4.39. The molecular formula is C24H27FN4O2. The normalized spacial score (nSPS) is 17.0. The number of amides is 2. The first-order valence-electron chi connectivity index (χ1n) is 10.6.